The Morgan fingerprint density at radius 1 is 1.30 bits per heavy atom. The van der Waals surface area contributed by atoms with Crippen LogP contribution in [0.5, 0.6) is 11.5 Å². The number of fused-ring (bicyclic) bond motifs is 2. The summed E-state index contributed by atoms with van der Waals surface area (Å²) < 4.78 is 11.3. The fourth-order valence-electron chi connectivity index (χ4n) is 4.45. The number of amides is 1. The van der Waals surface area contributed by atoms with Gasteiger partial charge in [0, 0.05) is 12.6 Å². The predicted octanol–water partition coefficient (Wildman–Crippen LogP) is 2.22. The highest BCUT2D eigenvalue weighted by Gasteiger charge is 2.49. The lowest BCUT2D eigenvalue weighted by Gasteiger charge is -2.41. The quantitative estimate of drug-likeness (QED) is 0.863. The van der Waals surface area contributed by atoms with E-state index in [1.807, 2.05) is 23.1 Å². The maximum atomic E-state index is 13.1. The number of likely N-dealkylation sites (tertiary alicyclic amines) is 1. The Kier molecular flexibility index (Phi) is 3.48. The van der Waals surface area contributed by atoms with Crippen LogP contribution in [0.3, 0.4) is 0 Å². The molecule has 1 aromatic carbocycles. The summed E-state index contributed by atoms with van der Waals surface area (Å²) >= 11 is 0. The molecule has 1 amide bonds. The first-order chi connectivity index (χ1) is 11.1. The van der Waals surface area contributed by atoms with Crippen molar-refractivity contribution < 1.29 is 19.4 Å². The summed E-state index contributed by atoms with van der Waals surface area (Å²) in [6.07, 6.45) is 3.15. The SMILES string of the molecule is C[C@@]12CCN(C(=O)c3cccc4c3OCCO4)[C@@H]1CC[C@@H](O)C2. The van der Waals surface area contributed by atoms with E-state index in [9.17, 15) is 9.90 Å². The van der Waals surface area contributed by atoms with Crippen LogP contribution in [-0.2, 0) is 0 Å². The molecule has 3 aliphatic rings. The Morgan fingerprint density at radius 3 is 3.00 bits per heavy atom. The summed E-state index contributed by atoms with van der Waals surface area (Å²) in [6, 6.07) is 5.72. The molecule has 1 aromatic rings. The number of aliphatic hydroxyl groups excluding tert-OH is 1. The summed E-state index contributed by atoms with van der Waals surface area (Å²) in [6.45, 7) is 3.95. The Morgan fingerprint density at radius 2 is 2.13 bits per heavy atom. The average molecular weight is 317 g/mol. The molecule has 1 aliphatic carbocycles. The van der Waals surface area contributed by atoms with Crippen molar-refractivity contribution in [1.29, 1.82) is 0 Å². The van der Waals surface area contributed by atoms with Gasteiger partial charge in [0.15, 0.2) is 11.5 Å². The van der Waals surface area contributed by atoms with Crippen molar-refractivity contribution in [2.45, 2.75) is 44.8 Å². The molecular formula is C18H23NO4. The highest BCUT2D eigenvalue weighted by Crippen LogP contribution is 2.47. The van der Waals surface area contributed by atoms with Crippen LogP contribution in [0.1, 0.15) is 43.0 Å². The first-order valence-electron chi connectivity index (χ1n) is 8.46. The van der Waals surface area contributed by atoms with Crippen molar-refractivity contribution in [2.75, 3.05) is 19.8 Å². The number of hydrogen-bond acceptors (Lipinski definition) is 4. The molecule has 5 nitrogen and oxygen atoms in total. The molecular weight excluding hydrogens is 294 g/mol. The van der Waals surface area contributed by atoms with Crippen molar-refractivity contribution in [3.63, 3.8) is 0 Å². The smallest absolute Gasteiger partial charge is 0.258 e. The van der Waals surface area contributed by atoms with E-state index in [0.29, 0.717) is 30.3 Å². The monoisotopic (exact) mass is 317 g/mol. The Bertz CT molecular complexity index is 631. The largest absolute Gasteiger partial charge is 0.486 e. The van der Waals surface area contributed by atoms with Crippen molar-refractivity contribution in [1.82, 2.24) is 4.90 Å². The minimum Gasteiger partial charge on any atom is -0.486 e. The third-order valence-electron chi connectivity index (χ3n) is 5.64. The predicted molar refractivity (Wildman–Crippen MR) is 84.8 cm³/mol. The Hall–Kier alpha value is -1.75. The highest BCUT2D eigenvalue weighted by molar-refractivity contribution is 5.98. The van der Waals surface area contributed by atoms with E-state index in [2.05, 4.69) is 6.92 Å². The van der Waals surface area contributed by atoms with Crippen LogP contribution in [0.2, 0.25) is 0 Å². The average Bonchev–Trinajstić information content (AvgIpc) is 2.89. The Labute approximate surface area is 136 Å². The third-order valence-corrected chi connectivity index (χ3v) is 5.64. The number of rotatable bonds is 1. The van der Waals surface area contributed by atoms with E-state index in [1.165, 1.54) is 0 Å². The zero-order valence-electron chi connectivity index (χ0n) is 13.5. The minimum atomic E-state index is -0.229. The fraction of sp³-hybridized carbons (Fsp3) is 0.611. The number of ether oxygens (including phenoxy) is 2. The molecule has 0 bridgehead atoms. The first-order valence-corrected chi connectivity index (χ1v) is 8.46. The normalized spacial score (nSPS) is 32.5. The zero-order chi connectivity index (χ0) is 16.0. The molecule has 2 fully saturated rings. The molecule has 1 saturated carbocycles. The molecule has 2 heterocycles. The number of carbonyl (C=O) groups excluding carboxylic acids is 1. The standard InChI is InChI=1S/C18H23NO4/c1-18-7-8-19(15(18)6-5-12(20)11-18)17(21)13-3-2-4-14-16(13)23-10-9-22-14/h2-4,12,15,20H,5-11H2,1H3/t12-,15-,18+/m1/s1. The van der Waals surface area contributed by atoms with Gasteiger partial charge < -0.3 is 19.5 Å². The summed E-state index contributed by atoms with van der Waals surface area (Å²) in [5.74, 6) is 1.26. The lowest BCUT2D eigenvalue weighted by molar-refractivity contribution is 0.0208. The van der Waals surface area contributed by atoms with Gasteiger partial charge in [-0.3, -0.25) is 4.79 Å². The lowest BCUT2D eigenvalue weighted by Crippen LogP contribution is -2.46. The van der Waals surface area contributed by atoms with Crippen LogP contribution >= 0.6 is 0 Å². The van der Waals surface area contributed by atoms with Crippen molar-refractivity contribution in [3.05, 3.63) is 23.8 Å². The number of carbonyl (C=O) groups is 1. The van der Waals surface area contributed by atoms with Crippen LogP contribution in [0.4, 0.5) is 0 Å². The van der Waals surface area contributed by atoms with Crippen molar-refractivity contribution in [2.24, 2.45) is 5.41 Å². The van der Waals surface area contributed by atoms with E-state index in [4.69, 9.17) is 9.47 Å². The maximum absolute atomic E-state index is 13.1. The van der Waals surface area contributed by atoms with Gasteiger partial charge in [0.1, 0.15) is 13.2 Å². The summed E-state index contributed by atoms with van der Waals surface area (Å²) in [5.41, 5.74) is 0.622. The molecule has 23 heavy (non-hydrogen) atoms. The molecule has 0 radical (unpaired) electrons. The first kappa shape index (κ1) is 14.8. The fourth-order valence-corrected chi connectivity index (χ4v) is 4.45. The van der Waals surface area contributed by atoms with E-state index in [-0.39, 0.29) is 23.5 Å². The number of para-hydroxylation sites is 1. The molecule has 4 rings (SSSR count). The van der Waals surface area contributed by atoms with Gasteiger partial charge in [-0.1, -0.05) is 13.0 Å². The van der Waals surface area contributed by atoms with Gasteiger partial charge >= 0.3 is 0 Å². The van der Waals surface area contributed by atoms with Gasteiger partial charge in [-0.25, -0.2) is 0 Å². The van der Waals surface area contributed by atoms with Crippen LogP contribution < -0.4 is 9.47 Å². The van der Waals surface area contributed by atoms with Gasteiger partial charge in [-0.05, 0) is 43.2 Å². The molecule has 0 aromatic heterocycles. The topological polar surface area (TPSA) is 59.0 Å². The number of aliphatic hydroxyl groups is 1. The molecule has 3 atom stereocenters. The van der Waals surface area contributed by atoms with Gasteiger partial charge in [-0.15, -0.1) is 0 Å². The number of hydrogen-bond donors (Lipinski definition) is 1. The van der Waals surface area contributed by atoms with Crippen molar-refractivity contribution in [3.8, 4) is 11.5 Å². The van der Waals surface area contributed by atoms with Crippen molar-refractivity contribution >= 4 is 5.91 Å². The molecule has 1 N–H and O–H groups in total. The van der Waals surface area contributed by atoms with Gasteiger partial charge in [0.05, 0.1) is 11.7 Å². The van der Waals surface area contributed by atoms with E-state index < -0.39 is 0 Å². The van der Waals surface area contributed by atoms with E-state index in [0.717, 1.165) is 32.2 Å². The molecule has 0 unspecified atom stereocenters. The van der Waals surface area contributed by atoms with Crippen LogP contribution in [0, 0.1) is 5.41 Å². The van der Waals surface area contributed by atoms with Gasteiger partial charge in [0.25, 0.3) is 5.91 Å². The second kappa shape index (κ2) is 5.41. The second-order valence-corrected chi connectivity index (χ2v) is 7.18. The summed E-state index contributed by atoms with van der Waals surface area (Å²) in [4.78, 5) is 15.1. The van der Waals surface area contributed by atoms with E-state index >= 15 is 0 Å². The minimum absolute atomic E-state index is 0.0254. The molecule has 1 saturated heterocycles. The van der Waals surface area contributed by atoms with Gasteiger partial charge in [-0.2, -0.15) is 0 Å². The molecule has 0 spiro atoms. The summed E-state index contributed by atoms with van der Waals surface area (Å²) in [7, 11) is 0. The second-order valence-electron chi connectivity index (χ2n) is 7.18. The lowest BCUT2D eigenvalue weighted by atomic mass is 9.71. The van der Waals surface area contributed by atoms with Crippen LogP contribution in [-0.4, -0.2) is 47.8 Å². The number of benzene rings is 1. The van der Waals surface area contributed by atoms with E-state index in [1.54, 1.807) is 0 Å². The molecule has 124 valence electrons. The summed E-state index contributed by atoms with van der Waals surface area (Å²) in [5, 5.41) is 9.98. The maximum Gasteiger partial charge on any atom is 0.258 e. The highest BCUT2D eigenvalue weighted by atomic mass is 16.6. The zero-order valence-corrected chi connectivity index (χ0v) is 13.5. The van der Waals surface area contributed by atoms with Crippen LogP contribution in [0.15, 0.2) is 18.2 Å². The molecule has 2 aliphatic heterocycles. The Balaban J connectivity index is 1.63. The number of nitrogens with zero attached hydrogens (tertiary/aromatic N) is 1. The van der Waals surface area contributed by atoms with Crippen LogP contribution in [0.25, 0.3) is 0 Å². The molecule has 5 heteroatoms. The van der Waals surface area contributed by atoms with Gasteiger partial charge in [0.2, 0.25) is 0 Å². The third kappa shape index (κ3) is 2.38.